The van der Waals surface area contributed by atoms with Crippen LogP contribution in [-0.4, -0.2) is 40.8 Å². The van der Waals surface area contributed by atoms with Crippen LogP contribution < -0.4 is 4.74 Å². The molecule has 1 aliphatic rings. The maximum absolute atomic E-state index is 12.4. The first-order valence-corrected chi connectivity index (χ1v) is 7.52. The van der Waals surface area contributed by atoms with Crippen molar-refractivity contribution < 1.29 is 32.6 Å². The normalized spacial score (nSPS) is 21.4. The largest absolute Gasteiger partial charge is 0.573 e. The van der Waals surface area contributed by atoms with Gasteiger partial charge in [0.15, 0.2) is 0 Å². The average Bonchev–Trinajstić information content (AvgIpc) is 2.45. The van der Waals surface area contributed by atoms with Crippen molar-refractivity contribution in [2.75, 3.05) is 6.54 Å². The molecule has 1 aliphatic heterocycles. The van der Waals surface area contributed by atoms with Crippen LogP contribution in [0.5, 0.6) is 5.75 Å². The number of hydrogen-bond donors (Lipinski definition) is 1. The highest BCUT2D eigenvalue weighted by atomic mass is 19.4. The van der Waals surface area contributed by atoms with E-state index in [4.69, 9.17) is 0 Å². The van der Waals surface area contributed by atoms with Gasteiger partial charge in [-0.25, -0.2) is 4.79 Å². The molecule has 2 atom stereocenters. The number of nitrogens with zero attached hydrogens (tertiary/aromatic N) is 1. The van der Waals surface area contributed by atoms with Crippen molar-refractivity contribution >= 4 is 11.9 Å². The number of carboxylic acid groups (broad SMARTS) is 1. The SMILES string of the molecule is CC1CCN(C(=O)Cc2cccc(OC(F)(F)F)c2)C(C(=O)O)C1. The van der Waals surface area contributed by atoms with Gasteiger partial charge in [0, 0.05) is 6.54 Å². The van der Waals surface area contributed by atoms with Gasteiger partial charge in [0.05, 0.1) is 6.42 Å². The Labute approximate surface area is 137 Å². The van der Waals surface area contributed by atoms with E-state index in [0.29, 0.717) is 24.9 Å². The van der Waals surface area contributed by atoms with Crippen molar-refractivity contribution in [3.05, 3.63) is 29.8 Å². The molecule has 0 saturated carbocycles. The fourth-order valence-electron chi connectivity index (χ4n) is 2.80. The Balaban J connectivity index is 2.08. The molecule has 2 rings (SSSR count). The van der Waals surface area contributed by atoms with Crippen LogP contribution in [0.4, 0.5) is 13.2 Å². The van der Waals surface area contributed by atoms with Crippen LogP contribution in [0.3, 0.4) is 0 Å². The number of ether oxygens (including phenoxy) is 1. The summed E-state index contributed by atoms with van der Waals surface area (Å²) >= 11 is 0. The molecule has 0 aromatic heterocycles. The third kappa shape index (κ3) is 4.87. The molecule has 0 bridgehead atoms. The number of rotatable bonds is 4. The summed E-state index contributed by atoms with van der Waals surface area (Å²) in [7, 11) is 0. The molecule has 24 heavy (non-hydrogen) atoms. The number of aliphatic carboxylic acids is 1. The van der Waals surface area contributed by atoms with Crippen LogP contribution in [-0.2, 0) is 16.0 Å². The highest BCUT2D eigenvalue weighted by Crippen LogP contribution is 2.26. The summed E-state index contributed by atoms with van der Waals surface area (Å²) in [6.45, 7) is 2.26. The average molecular weight is 345 g/mol. The lowest BCUT2D eigenvalue weighted by molar-refractivity contribution is -0.274. The lowest BCUT2D eigenvalue weighted by Gasteiger charge is -2.36. The predicted molar refractivity (Wildman–Crippen MR) is 78.4 cm³/mol. The highest BCUT2D eigenvalue weighted by Gasteiger charge is 2.35. The van der Waals surface area contributed by atoms with Gasteiger partial charge in [-0.3, -0.25) is 4.79 Å². The summed E-state index contributed by atoms with van der Waals surface area (Å²) in [5, 5.41) is 9.27. The number of alkyl halides is 3. The summed E-state index contributed by atoms with van der Waals surface area (Å²) in [5.41, 5.74) is 0.338. The maximum atomic E-state index is 12.4. The molecule has 1 aromatic rings. The fraction of sp³-hybridized carbons (Fsp3) is 0.500. The number of benzene rings is 1. The van der Waals surface area contributed by atoms with E-state index in [9.17, 15) is 27.9 Å². The molecule has 1 aromatic carbocycles. The molecule has 1 N–H and O–H groups in total. The molecule has 1 fully saturated rings. The second-order valence-corrected chi connectivity index (χ2v) is 5.94. The molecule has 0 aliphatic carbocycles. The Bertz CT molecular complexity index is 618. The summed E-state index contributed by atoms with van der Waals surface area (Å²) < 4.78 is 40.5. The molecule has 0 spiro atoms. The van der Waals surface area contributed by atoms with Crippen molar-refractivity contribution in [1.82, 2.24) is 4.90 Å². The number of piperidine rings is 1. The van der Waals surface area contributed by atoms with E-state index in [-0.39, 0.29) is 12.3 Å². The van der Waals surface area contributed by atoms with Gasteiger partial charge in [-0.15, -0.1) is 13.2 Å². The maximum Gasteiger partial charge on any atom is 0.573 e. The van der Waals surface area contributed by atoms with E-state index in [2.05, 4.69) is 4.74 Å². The van der Waals surface area contributed by atoms with Gasteiger partial charge in [-0.05, 0) is 36.5 Å². The molecule has 2 unspecified atom stereocenters. The Morgan fingerprint density at radius 1 is 1.38 bits per heavy atom. The topological polar surface area (TPSA) is 66.8 Å². The second kappa shape index (κ2) is 7.11. The van der Waals surface area contributed by atoms with E-state index in [1.54, 1.807) is 0 Å². The summed E-state index contributed by atoms with van der Waals surface area (Å²) in [6, 6.07) is 4.24. The van der Waals surface area contributed by atoms with Crippen LogP contribution in [0, 0.1) is 5.92 Å². The Morgan fingerprint density at radius 3 is 2.71 bits per heavy atom. The number of amides is 1. The summed E-state index contributed by atoms with van der Waals surface area (Å²) in [5.74, 6) is -1.68. The van der Waals surface area contributed by atoms with Gasteiger partial charge in [0.2, 0.25) is 5.91 Å². The van der Waals surface area contributed by atoms with E-state index < -0.39 is 30.0 Å². The van der Waals surface area contributed by atoms with E-state index in [1.807, 2.05) is 6.92 Å². The third-order valence-electron chi connectivity index (χ3n) is 3.96. The zero-order chi connectivity index (χ0) is 17.9. The van der Waals surface area contributed by atoms with Crippen LogP contribution in [0.25, 0.3) is 0 Å². The third-order valence-corrected chi connectivity index (χ3v) is 3.96. The number of likely N-dealkylation sites (tertiary alicyclic amines) is 1. The van der Waals surface area contributed by atoms with Gasteiger partial charge in [0.1, 0.15) is 11.8 Å². The first-order valence-electron chi connectivity index (χ1n) is 7.52. The molecule has 1 amide bonds. The van der Waals surface area contributed by atoms with Crippen LogP contribution >= 0.6 is 0 Å². The first kappa shape index (κ1) is 18.1. The van der Waals surface area contributed by atoms with Crippen LogP contribution in [0.15, 0.2) is 24.3 Å². The number of carbonyl (C=O) groups excluding carboxylic acids is 1. The standard InChI is InChI=1S/C16H18F3NO4/c1-10-5-6-20(13(7-10)15(22)23)14(21)9-11-3-2-4-12(8-11)24-16(17,18)19/h2-4,8,10,13H,5-7,9H2,1H3,(H,22,23). The number of hydrogen-bond acceptors (Lipinski definition) is 3. The first-order chi connectivity index (χ1) is 11.2. The Kier molecular flexibility index (Phi) is 5.36. The fourth-order valence-corrected chi connectivity index (χ4v) is 2.80. The van der Waals surface area contributed by atoms with Crippen LogP contribution in [0.2, 0.25) is 0 Å². The quantitative estimate of drug-likeness (QED) is 0.911. The Morgan fingerprint density at radius 2 is 2.08 bits per heavy atom. The van der Waals surface area contributed by atoms with E-state index in [0.717, 1.165) is 12.1 Å². The molecule has 1 heterocycles. The van der Waals surface area contributed by atoms with Gasteiger partial charge in [-0.1, -0.05) is 19.1 Å². The van der Waals surface area contributed by atoms with Crippen molar-refractivity contribution in [1.29, 1.82) is 0 Å². The highest BCUT2D eigenvalue weighted by molar-refractivity contribution is 5.85. The monoisotopic (exact) mass is 345 g/mol. The molecule has 1 saturated heterocycles. The minimum absolute atomic E-state index is 0.173. The zero-order valence-electron chi connectivity index (χ0n) is 13.0. The molecular weight excluding hydrogens is 327 g/mol. The van der Waals surface area contributed by atoms with Crippen molar-refractivity contribution in [3.8, 4) is 5.75 Å². The molecule has 132 valence electrons. The lowest BCUT2D eigenvalue weighted by atomic mass is 9.92. The van der Waals surface area contributed by atoms with E-state index in [1.165, 1.54) is 17.0 Å². The molecular formula is C16H18F3NO4. The van der Waals surface area contributed by atoms with Crippen LogP contribution in [0.1, 0.15) is 25.3 Å². The number of carbonyl (C=O) groups is 2. The molecule has 0 radical (unpaired) electrons. The van der Waals surface area contributed by atoms with Gasteiger partial charge < -0.3 is 14.7 Å². The summed E-state index contributed by atoms with van der Waals surface area (Å²) in [6.07, 6.45) is -3.90. The molecule has 8 heteroatoms. The summed E-state index contributed by atoms with van der Waals surface area (Å²) in [4.78, 5) is 25.0. The number of halogens is 3. The zero-order valence-corrected chi connectivity index (χ0v) is 13.0. The lowest BCUT2D eigenvalue weighted by Crippen LogP contribution is -2.50. The van der Waals surface area contributed by atoms with Gasteiger partial charge in [-0.2, -0.15) is 0 Å². The van der Waals surface area contributed by atoms with E-state index >= 15 is 0 Å². The second-order valence-electron chi connectivity index (χ2n) is 5.94. The van der Waals surface area contributed by atoms with Gasteiger partial charge >= 0.3 is 12.3 Å². The smallest absolute Gasteiger partial charge is 0.480 e. The predicted octanol–water partition coefficient (Wildman–Crippen LogP) is 2.84. The molecule has 5 nitrogen and oxygen atoms in total. The van der Waals surface area contributed by atoms with Crippen molar-refractivity contribution in [3.63, 3.8) is 0 Å². The Hall–Kier alpha value is -2.25. The van der Waals surface area contributed by atoms with Crippen molar-refractivity contribution in [2.24, 2.45) is 5.92 Å². The van der Waals surface area contributed by atoms with Crippen molar-refractivity contribution in [2.45, 2.75) is 38.6 Å². The number of carboxylic acids is 1. The minimum atomic E-state index is -4.81. The van der Waals surface area contributed by atoms with Gasteiger partial charge in [0.25, 0.3) is 0 Å². The minimum Gasteiger partial charge on any atom is -0.480 e.